The number of nitrogens with one attached hydrogen (secondary N) is 1. The number of hydrogen-bond donors (Lipinski definition) is 1. The first kappa shape index (κ1) is 23.6. The van der Waals surface area contributed by atoms with Crippen LogP contribution < -0.4 is 5.32 Å². The average Bonchev–Trinajstić information content (AvgIpc) is 2.74. The molecule has 0 saturated carbocycles. The fourth-order valence-electron chi connectivity index (χ4n) is 3.27. The Hall–Kier alpha value is -2.71. The number of rotatable bonds is 9. The largest absolute Gasteiger partial charge is 0.348 e. The van der Waals surface area contributed by atoms with Crippen LogP contribution in [0.5, 0.6) is 0 Å². The van der Waals surface area contributed by atoms with Crippen LogP contribution in [0.25, 0.3) is 0 Å². The van der Waals surface area contributed by atoms with Gasteiger partial charge in [0.2, 0.25) is 5.91 Å². The van der Waals surface area contributed by atoms with Crippen LogP contribution in [0.2, 0.25) is 0 Å². The minimum Gasteiger partial charge on any atom is -0.348 e. The molecule has 0 fully saturated rings. The van der Waals surface area contributed by atoms with Gasteiger partial charge in [0.15, 0.2) is 5.11 Å². The highest BCUT2D eigenvalue weighted by Crippen LogP contribution is 2.18. The molecule has 0 aliphatic rings. The Morgan fingerprint density at radius 3 is 2.30 bits per heavy atom. The van der Waals surface area contributed by atoms with E-state index in [1.165, 1.54) is 11.1 Å². The minimum atomic E-state index is -0.303. The van der Waals surface area contributed by atoms with Crippen molar-refractivity contribution < 1.29 is 4.79 Å². The van der Waals surface area contributed by atoms with Crippen LogP contribution in [0.15, 0.2) is 54.6 Å². The van der Waals surface area contributed by atoms with E-state index < -0.39 is 0 Å². The van der Waals surface area contributed by atoms with Crippen molar-refractivity contribution in [3.05, 3.63) is 71.3 Å². The maximum absolute atomic E-state index is 12.8. The third-order valence-corrected chi connectivity index (χ3v) is 5.40. The van der Waals surface area contributed by atoms with E-state index in [0.29, 0.717) is 30.5 Å². The molecule has 0 radical (unpaired) electrons. The molecule has 4 nitrogen and oxygen atoms in total. The van der Waals surface area contributed by atoms with Crippen molar-refractivity contribution in [1.82, 2.24) is 10.2 Å². The molecule has 0 saturated heterocycles. The van der Waals surface area contributed by atoms with Gasteiger partial charge >= 0.3 is 0 Å². The van der Waals surface area contributed by atoms with E-state index in [0.717, 1.165) is 18.4 Å². The summed E-state index contributed by atoms with van der Waals surface area (Å²) >= 11 is 5.50. The summed E-state index contributed by atoms with van der Waals surface area (Å²) in [5.74, 6) is 0.172. The first-order valence-corrected chi connectivity index (χ1v) is 10.9. The second-order valence-electron chi connectivity index (χ2n) is 7.99. The summed E-state index contributed by atoms with van der Waals surface area (Å²) in [6.07, 6.45) is 2.19. The number of hydrogen-bond acceptors (Lipinski definition) is 3. The van der Waals surface area contributed by atoms with Gasteiger partial charge in [-0.25, -0.2) is 0 Å². The van der Waals surface area contributed by atoms with E-state index in [2.05, 4.69) is 49.5 Å². The van der Waals surface area contributed by atoms with Gasteiger partial charge in [-0.1, -0.05) is 68.4 Å². The summed E-state index contributed by atoms with van der Waals surface area (Å²) in [7, 11) is 0. The highest BCUT2D eigenvalue weighted by Gasteiger charge is 2.19. The maximum Gasteiger partial charge on any atom is 0.233 e. The van der Waals surface area contributed by atoms with Crippen molar-refractivity contribution in [2.45, 2.75) is 46.0 Å². The van der Waals surface area contributed by atoms with Gasteiger partial charge in [-0.3, -0.25) is 4.79 Å². The van der Waals surface area contributed by atoms with Gasteiger partial charge in [0.25, 0.3) is 0 Å². The zero-order valence-electron chi connectivity index (χ0n) is 18.1. The van der Waals surface area contributed by atoms with E-state index in [-0.39, 0.29) is 11.8 Å². The number of carbonyl (C=O) groups excluding carboxylic acids is 1. The van der Waals surface area contributed by atoms with Gasteiger partial charge in [0, 0.05) is 13.1 Å². The van der Waals surface area contributed by atoms with Crippen LogP contribution in [0.4, 0.5) is 0 Å². The van der Waals surface area contributed by atoms with Crippen molar-refractivity contribution in [2.24, 2.45) is 5.92 Å². The monoisotopic (exact) mass is 421 g/mol. The van der Waals surface area contributed by atoms with E-state index in [9.17, 15) is 4.79 Å². The van der Waals surface area contributed by atoms with Crippen molar-refractivity contribution in [3.63, 3.8) is 0 Å². The molecule has 1 unspecified atom stereocenters. The Labute approximate surface area is 185 Å². The molecule has 0 aliphatic heterocycles. The molecule has 1 atom stereocenters. The van der Waals surface area contributed by atoms with Crippen LogP contribution in [-0.2, 0) is 17.6 Å². The molecule has 0 aromatic heterocycles. The van der Waals surface area contributed by atoms with Crippen LogP contribution in [-0.4, -0.2) is 29.0 Å². The molecule has 0 heterocycles. The molecule has 1 amide bonds. The zero-order valence-corrected chi connectivity index (χ0v) is 18.9. The first-order valence-electron chi connectivity index (χ1n) is 10.5. The molecule has 2 aromatic carbocycles. The summed E-state index contributed by atoms with van der Waals surface area (Å²) in [5, 5.41) is 12.2. The lowest BCUT2D eigenvalue weighted by atomic mass is 9.96. The standard InChI is InChI=1S/C25H31N3OS/c1-19(2)18-22-10-12-23(13-11-22)20(3)24(29)27-25(30)28(16-7-15-26)17-14-21-8-5-4-6-9-21/h4-6,8-13,19-20H,7,14,16-18H2,1-3H3,(H,27,29,30). The maximum atomic E-state index is 12.8. The van der Waals surface area contributed by atoms with Crippen molar-refractivity contribution >= 4 is 23.2 Å². The van der Waals surface area contributed by atoms with Crippen LogP contribution in [0.3, 0.4) is 0 Å². The Morgan fingerprint density at radius 2 is 1.70 bits per heavy atom. The van der Waals surface area contributed by atoms with Gasteiger partial charge in [-0.05, 0) is 54.6 Å². The molecule has 0 spiro atoms. The molecule has 2 rings (SSSR count). The summed E-state index contributed by atoms with van der Waals surface area (Å²) in [5.41, 5.74) is 3.44. The molecule has 1 N–H and O–H groups in total. The summed E-state index contributed by atoms with van der Waals surface area (Å²) in [4.78, 5) is 14.7. The lowest BCUT2D eigenvalue weighted by molar-refractivity contribution is -0.120. The fourth-order valence-corrected chi connectivity index (χ4v) is 3.55. The highest BCUT2D eigenvalue weighted by atomic mass is 32.1. The normalized spacial score (nSPS) is 11.6. The van der Waals surface area contributed by atoms with E-state index in [1.807, 2.05) is 42.2 Å². The second kappa shape index (κ2) is 12.1. The Bertz CT molecular complexity index is 856. The molecule has 158 valence electrons. The predicted molar refractivity (Wildman–Crippen MR) is 126 cm³/mol. The number of carbonyl (C=O) groups is 1. The Morgan fingerprint density at radius 1 is 1.03 bits per heavy atom. The molecule has 30 heavy (non-hydrogen) atoms. The lowest BCUT2D eigenvalue weighted by Crippen LogP contribution is -2.45. The van der Waals surface area contributed by atoms with Gasteiger partial charge in [0.1, 0.15) is 0 Å². The topological polar surface area (TPSA) is 56.1 Å². The summed E-state index contributed by atoms with van der Waals surface area (Å²) < 4.78 is 0. The predicted octanol–water partition coefficient (Wildman–Crippen LogP) is 4.85. The highest BCUT2D eigenvalue weighted by molar-refractivity contribution is 7.80. The van der Waals surface area contributed by atoms with E-state index >= 15 is 0 Å². The Kier molecular flexibility index (Phi) is 9.50. The summed E-state index contributed by atoms with van der Waals surface area (Å²) in [6, 6.07) is 20.5. The molecule has 0 aliphatic carbocycles. The van der Waals surface area contributed by atoms with Crippen molar-refractivity contribution in [1.29, 1.82) is 5.26 Å². The molecule has 5 heteroatoms. The second-order valence-corrected chi connectivity index (χ2v) is 8.37. The van der Waals surface area contributed by atoms with Gasteiger partial charge in [0.05, 0.1) is 18.4 Å². The summed E-state index contributed by atoms with van der Waals surface area (Å²) in [6.45, 7) is 7.43. The smallest absolute Gasteiger partial charge is 0.233 e. The van der Waals surface area contributed by atoms with Crippen molar-refractivity contribution in [2.75, 3.05) is 13.1 Å². The first-order chi connectivity index (χ1) is 14.4. The molecule has 0 bridgehead atoms. The average molecular weight is 422 g/mol. The SMILES string of the molecule is CC(C)Cc1ccc(C(C)C(=O)NC(=S)N(CCC#N)CCc2ccccc2)cc1. The zero-order chi connectivity index (χ0) is 21.9. The number of nitrogens with zero attached hydrogens (tertiary/aromatic N) is 2. The Balaban J connectivity index is 1.97. The number of thiocarbonyl (C=S) groups is 1. The molecule has 2 aromatic rings. The van der Waals surface area contributed by atoms with Crippen LogP contribution >= 0.6 is 12.2 Å². The molecular formula is C25H31N3OS. The van der Waals surface area contributed by atoms with Gasteiger partial charge in [-0.2, -0.15) is 5.26 Å². The quantitative estimate of drug-likeness (QED) is 0.588. The number of benzene rings is 2. The number of amides is 1. The molecular weight excluding hydrogens is 390 g/mol. The van der Waals surface area contributed by atoms with Gasteiger partial charge < -0.3 is 10.2 Å². The third kappa shape index (κ3) is 7.61. The fraction of sp³-hybridized carbons (Fsp3) is 0.400. The van der Waals surface area contributed by atoms with E-state index in [4.69, 9.17) is 17.5 Å². The van der Waals surface area contributed by atoms with Crippen molar-refractivity contribution in [3.8, 4) is 6.07 Å². The lowest BCUT2D eigenvalue weighted by Gasteiger charge is -2.25. The van der Waals surface area contributed by atoms with Gasteiger partial charge in [-0.15, -0.1) is 0 Å². The third-order valence-electron chi connectivity index (χ3n) is 5.04. The minimum absolute atomic E-state index is 0.127. The number of nitriles is 1. The van der Waals surface area contributed by atoms with E-state index in [1.54, 1.807) is 0 Å². The van der Waals surface area contributed by atoms with Crippen LogP contribution in [0, 0.1) is 17.2 Å². The van der Waals surface area contributed by atoms with Crippen LogP contribution in [0.1, 0.15) is 49.8 Å².